The van der Waals surface area contributed by atoms with E-state index in [1.54, 1.807) is 10.6 Å². The number of anilines is 1. The second-order valence-corrected chi connectivity index (χ2v) is 10.3. The molecule has 0 amide bonds. The summed E-state index contributed by atoms with van der Waals surface area (Å²) in [6, 6.07) is 7.52. The SMILES string of the molecule is CCC(CC)Oc1cc(C)c2nc(CC(=O)c3cc(OCCCCO)cc(C(C)(C)C)c3)c(N)n2n1. The van der Waals surface area contributed by atoms with Gasteiger partial charge in [-0.15, -0.1) is 5.10 Å². The number of rotatable bonds is 12. The molecule has 3 N–H and O–H groups in total. The summed E-state index contributed by atoms with van der Waals surface area (Å²) in [4.78, 5) is 18.0. The second-order valence-electron chi connectivity index (χ2n) is 10.3. The largest absolute Gasteiger partial charge is 0.494 e. The number of fused-ring (bicyclic) bond motifs is 1. The molecule has 8 heteroatoms. The summed E-state index contributed by atoms with van der Waals surface area (Å²) in [5, 5.41) is 13.5. The lowest BCUT2D eigenvalue weighted by Crippen LogP contribution is -2.16. The number of aliphatic hydroxyl groups is 1. The smallest absolute Gasteiger partial charge is 0.232 e. The summed E-state index contributed by atoms with van der Waals surface area (Å²) in [5.74, 6) is 1.38. The zero-order valence-corrected chi connectivity index (χ0v) is 22.4. The predicted octanol–water partition coefficient (Wildman–Crippen LogP) is 5.06. The molecule has 8 nitrogen and oxygen atoms in total. The highest BCUT2D eigenvalue weighted by Gasteiger charge is 2.21. The van der Waals surface area contributed by atoms with E-state index in [9.17, 15) is 4.79 Å². The van der Waals surface area contributed by atoms with Crippen molar-refractivity contribution < 1.29 is 19.4 Å². The summed E-state index contributed by atoms with van der Waals surface area (Å²) < 4.78 is 13.5. The number of imidazole rings is 1. The van der Waals surface area contributed by atoms with Gasteiger partial charge in [-0.2, -0.15) is 4.52 Å². The minimum absolute atomic E-state index is 0.0505. The van der Waals surface area contributed by atoms with Crippen LogP contribution in [0.15, 0.2) is 24.3 Å². The van der Waals surface area contributed by atoms with E-state index in [1.165, 1.54) is 0 Å². The molecular formula is C28H40N4O4. The van der Waals surface area contributed by atoms with E-state index in [0.717, 1.165) is 30.4 Å². The number of nitrogen functional groups attached to an aromatic ring is 1. The lowest BCUT2D eigenvalue weighted by Gasteiger charge is -2.21. The Morgan fingerprint density at radius 3 is 2.50 bits per heavy atom. The molecule has 0 aliphatic heterocycles. The van der Waals surface area contributed by atoms with Crippen molar-refractivity contribution in [2.45, 2.75) is 85.2 Å². The Balaban J connectivity index is 1.89. The summed E-state index contributed by atoms with van der Waals surface area (Å²) in [6.45, 7) is 13.0. The van der Waals surface area contributed by atoms with E-state index in [-0.39, 0.29) is 30.3 Å². The van der Waals surface area contributed by atoms with E-state index >= 15 is 0 Å². The molecule has 36 heavy (non-hydrogen) atoms. The average molecular weight is 497 g/mol. The van der Waals surface area contributed by atoms with Gasteiger partial charge < -0.3 is 20.3 Å². The van der Waals surface area contributed by atoms with Crippen molar-refractivity contribution in [2.75, 3.05) is 18.9 Å². The van der Waals surface area contributed by atoms with E-state index < -0.39 is 0 Å². The minimum atomic E-state index is -0.159. The number of aromatic nitrogens is 3. The van der Waals surface area contributed by atoms with Gasteiger partial charge in [-0.25, -0.2) is 4.98 Å². The Labute approximate surface area is 213 Å². The number of Topliss-reactive ketones (excluding diaryl/α,β-unsaturated/α-hetero) is 1. The average Bonchev–Trinajstić information content (AvgIpc) is 3.15. The van der Waals surface area contributed by atoms with E-state index in [0.29, 0.717) is 47.4 Å². The van der Waals surface area contributed by atoms with E-state index in [2.05, 4.69) is 44.7 Å². The van der Waals surface area contributed by atoms with Crippen LogP contribution < -0.4 is 15.2 Å². The van der Waals surface area contributed by atoms with Crippen molar-refractivity contribution >= 4 is 17.2 Å². The number of hydrogen-bond donors (Lipinski definition) is 2. The van der Waals surface area contributed by atoms with Crippen LogP contribution in [0.2, 0.25) is 0 Å². The number of carbonyl (C=O) groups excluding carboxylic acids is 1. The summed E-state index contributed by atoms with van der Waals surface area (Å²) in [7, 11) is 0. The molecule has 0 atom stereocenters. The molecule has 0 saturated heterocycles. The van der Waals surface area contributed by atoms with E-state index in [4.69, 9.17) is 20.3 Å². The number of nitrogens with two attached hydrogens (primary N) is 1. The van der Waals surface area contributed by atoms with Crippen LogP contribution in [-0.4, -0.2) is 44.8 Å². The standard InChI is InChI=1S/C28H40N4O4/c1-7-21(8-2)36-25-13-18(3)27-30-23(26(29)32(27)31-25)17-24(34)19-14-20(28(4,5)6)16-22(15-19)35-12-10-9-11-33/h13-16,21,33H,7-12,17,29H2,1-6H3. The highest BCUT2D eigenvalue weighted by Crippen LogP contribution is 2.29. The monoisotopic (exact) mass is 496 g/mol. The zero-order valence-electron chi connectivity index (χ0n) is 22.4. The maximum Gasteiger partial charge on any atom is 0.232 e. The van der Waals surface area contributed by atoms with Crippen molar-refractivity contribution in [3.8, 4) is 11.6 Å². The number of carbonyl (C=O) groups is 1. The Morgan fingerprint density at radius 2 is 1.86 bits per heavy atom. The van der Waals surface area contributed by atoms with Crippen LogP contribution in [0.5, 0.6) is 11.6 Å². The molecule has 3 aromatic rings. The first-order chi connectivity index (χ1) is 17.1. The first kappa shape index (κ1) is 27.5. The van der Waals surface area contributed by atoms with Gasteiger partial charge in [0.25, 0.3) is 0 Å². The molecular weight excluding hydrogens is 456 g/mol. The van der Waals surface area contributed by atoms with Gasteiger partial charge in [0.15, 0.2) is 11.4 Å². The quantitative estimate of drug-likeness (QED) is 0.266. The van der Waals surface area contributed by atoms with Crippen LogP contribution in [0.3, 0.4) is 0 Å². The lowest BCUT2D eigenvalue weighted by atomic mass is 9.85. The Bertz CT molecular complexity index is 1190. The van der Waals surface area contributed by atoms with Gasteiger partial charge in [-0.05, 0) is 67.3 Å². The van der Waals surface area contributed by atoms with Crippen LogP contribution in [0.1, 0.15) is 87.5 Å². The van der Waals surface area contributed by atoms with Gasteiger partial charge in [-0.3, -0.25) is 4.79 Å². The number of ketones is 1. The number of hydrogen-bond acceptors (Lipinski definition) is 7. The van der Waals surface area contributed by atoms with Crippen LogP contribution in [0, 0.1) is 6.92 Å². The first-order valence-corrected chi connectivity index (χ1v) is 12.8. The van der Waals surface area contributed by atoms with Crippen LogP contribution in [0.4, 0.5) is 5.82 Å². The highest BCUT2D eigenvalue weighted by atomic mass is 16.5. The minimum Gasteiger partial charge on any atom is -0.494 e. The summed E-state index contributed by atoms with van der Waals surface area (Å²) >= 11 is 0. The van der Waals surface area contributed by atoms with Crippen LogP contribution >= 0.6 is 0 Å². The third-order valence-electron chi connectivity index (χ3n) is 6.30. The van der Waals surface area contributed by atoms with Crippen molar-refractivity contribution in [1.82, 2.24) is 14.6 Å². The zero-order chi connectivity index (χ0) is 26.5. The Kier molecular flexibility index (Phi) is 8.95. The van der Waals surface area contributed by atoms with Crippen molar-refractivity contribution in [2.24, 2.45) is 0 Å². The molecule has 0 aliphatic carbocycles. The molecule has 0 spiro atoms. The molecule has 0 radical (unpaired) electrons. The maximum atomic E-state index is 13.4. The Hall–Kier alpha value is -3.13. The van der Waals surface area contributed by atoms with E-state index in [1.807, 2.05) is 25.1 Å². The predicted molar refractivity (Wildman–Crippen MR) is 142 cm³/mol. The molecule has 0 aliphatic rings. The van der Waals surface area contributed by atoms with Crippen molar-refractivity contribution in [3.05, 3.63) is 46.6 Å². The maximum absolute atomic E-state index is 13.4. The fourth-order valence-electron chi connectivity index (χ4n) is 3.95. The molecule has 0 fully saturated rings. The number of unbranched alkanes of at least 4 members (excludes halogenated alkanes) is 1. The molecule has 2 heterocycles. The molecule has 1 aromatic carbocycles. The molecule has 2 aromatic heterocycles. The van der Waals surface area contributed by atoms with Gasteiger partial charge in [0.1, 0.15) is 11.6 Å². The lowest BCUT2D eigenvalue weighted by molar-refractivity contribution is 0.0991. The molecule has 0 bridgehead atoms. The summed E-state index contributed by atoms with van der Waals surface area (Å²) in [6.07, 6.45) is 3.32. The van der Waals surface area contributed by atoms with Gasteiger partial charge in [-0.1, -0.05) is 34.6 Å². The van der Waals surface area contributed by atoms with Gasteiger partial charge >= 0.3 is 0 Å². The molecule has 0 saturated carbocycles. The number of nitrogens with zero attached hydrogens (tertiary/aromatic N) is 3. The third kappa shape index (κ3) is 6.55. The normalized spacial score (nSPS) is 11.9. The third-order valence-corrected chi connectivity index (χ3v) is 6.30. The number of benzene rings is 1. The van der Waals surface area contributed by atoms with Crippen molar-refractivity contribution in [3.63, 3.8) is 0 Å². The number of aryl methyl sites for hydroxylation is 1. The fourth-order valence-corrected chi connectivity index (χ4v) is 3.95. The van der Waals surface area contributed by atoms with Crippen LogP contribution in [0.25, 0.3) is 5.65 Å². The second kappa shape index (κ2) is 11.7. The van der Waals surface area contributed by atoms with Gasteiger partial charge in [0.05, 0.1) is 24.8 Å². The highest BCUT2D eigenvalue weighted by molar-refractivity contribution is 5.98. The number of ether oxygens (including phenoxy) is 2. The first-order valence-electron chi connectivity index (χ1n) is 12.8. The topological polar surface area (TPSA) is 112 Å². The van der Waals surface area contributed by atoms with Gasteiger partial charge in [0.2, 0.25) is 5.88 Å². The fraction of sp³-hybridized carbons (Fsp3) is 0.536. The molecule has 196 valence electrons. The molecule has 3 rings (SSSR count). The molecule has 0 unspecified atom stereocenters. The Morgan fingerprint density at radius 1 is 1.14 bits per heavy atom. The van der Waals surface area contributed by atoms with Gasteiger partial charge in [0, 0.05) is 18.2 Å². The summed E-state index contributed by atoms with van der Waals surface area (Å²) in [5.41, 5.74) is 9.79. The van der Waals surface area contributed by atoms with Crippen molar-refractivity contribution in [1.29, 1.82) is 0 Å². The van der Waals surface area contributed by atoms with Crippen LogP contribution in [-0.2, 0) is 11.8 Å². The number of aliphatic hydroxyl groups excluding tert-OH is 1.